The Balaban J connectivity index is 1.86. The standard InChI is InChI=1S/C22H26N2OS/c1-14(2)20-22(26-18-11-15(3)10-16(4)12-18)24-21(23-20)19(25)13-17-8-6-5-7-9-17/h5-12,14,19,25H,13H2,1-4H3,(H,23,24). The van der Waals surface area contributed by atoms with E-state index in [1.54, 1.807) is 11.8 Å². The zero-order valence-corrected chi connectivity index (χ0v) is 16.6. The number of aliphatic hydroxyl groups is 1. The van der Waals surface area contributed by atoms with Gasteiger partial charge in [0, 0.05) is 11.3 Å². The SMILES string of the molecule is Cc1cc(C)cc(Sc2nc(C(O)Cc3ccccc3)[nH]c2C(C)C)c1. The molecule has 136 valence electrons. The predicted molar refractivity (Wildman–Crippen MR) is 108 cm³/mol. The first-order valence-corrected chi connectivity index (χ1v) is 9.82. The fourth-order valence-electron chi connectivity index (χ4n) is 3.05. The maximum absolute atomic E-state index is 10.6. The molecule has 1 atom stereocenters. The minimum Gasteiger partial charge on any atom is -0.385 e. The summed E-state index contributed by atoms with van der Waals surface area (Å²) in [7, 11) is 0. The number of benzene rings is 2. The van der Waals surface area contributed by atoms with Gasteiger partial charge in [-0.05, 0) is 48.6 Å². The number of H-pyrrole nitrogens is 1. The highest BCUT2D eigenvalue weighted by atomic mass is 32.2. The third kappa shape index (κ3) is 4.57. The van der Waals surface area contributed by atoms with Crippen LogP contribution in [0.5, 0.6) is 0 Å². The van der Waals surface area contributed by atoms with Crippen molar-refractivity contribution in [2.45, 2.75) is 56.1 Å². The van der Waals surface area contributed by atoms with Gasteiger partial charge in [0.05, 0.1) is 5.69 Å². The van der Waals surface area contributed by atoms with E-state index in [1.165, 1.54) is 16.0 Å². The summed E-state index contributed by atoms with van der Waals surface area (Å²) in [5.41, 5.74) is 4.68. The molecule has 0 radical (unpaired) electrons. The van der Waals surface area contributed by atoms with E-state index < -0.39 is 6.10 Å². The summed E-state index contributed by atoms with van der Waals surface area (Å²) in [6.07, 6.45) is -0.0805. The van der Waals surface area contributed by atoms with E-state index in [0.717, 1.165) is 16.3 Å². The zero-order chi connectivity index (χ0) is 18.7. The molecular formula is C22H26N2OS. The number of aromatic nitrogens is 2. The number of imidazole rings is 1. The van der Waals surface area contributed by atoms with E-state index in [0.29, 0.717) is 18.2 Å². The van der Waals surface area contributed by atoms with Gasteiger partial charge in [-0.2, -0.15) is 0 Å². The molecule has 3 rings (SSSR count). The Labute approximate surface area is 159 Å². The molecule has 0 bridgehead atoms. The summed E-state index contributed by atoms with van der Waals surface area (Å²) in [4.78, 5) is 9.29. The Morgan fingerprint density at radius 3 is 2.31 bits per heavy atom. The van der Waals surface area contributed by atoms with Crippen molar-refractivity contribution < 1.29 is 5.11 Å². The minimum absolute atomic E-state index is 0.314. The van der Waals surface area contributed by atoms with E-state index in [1.807, 2.05) is 30.3 Å². The lowest BCUT2D eigenvalue weighted by Crippen LogP contribution is -2.04. The van der Waals surface area contributed by atoms with Gasteiger partial charge in [-0.25, -0.2) is 4.98 Å². The van der Waals surface area contributed by atoms with Crippen LogP contribution in [0, 0.1) is 13.8 Å². The quantitative estimate of drug-likeness (QED) is 0.599. The Kier molecular flexibility index (Phi) is 5.84. The molecule has 0 aliphatic rings. The molecule has 4 heteroatoms. The number of aryl methyl sites for hydroxylation is 2. The van der Waals surface area contributed by atoms with Crippen LogP contribution in [0.15, 0.2) is 58.5 Å². The molecule has 3 aromatic rings. The highest BCUT2D eigenvalue weighted by Crippen LogP contribution is 2.34. The van der Waals surface area contributed by atoms with Crippen LogP contribution in [-0.4, -0.2) is 15.1 Å². The highest BCUT2D eigenvalue weighted by Gasteiger charge is 2.19. The Hall–Kier alpha value is -2.04. The van der Waals surface area contributed by atoms with E-state index in [4.69, 9.17) is 4.98 Å². The molecule has 0 fully saturated rings. The average molecular weight is 367 g/mol. The first-order valence-electron chi connectivity index (χ1n) is 9.00. The molecule has 26 heavy (non-hydrogen) atoms. The third-order valence-electron chi connectivity index (χ3n) is 4.29. The average Bonchev–Trinajstić information content (AvgIpc) is 2.99. The van der Waals surface area contributed by atoms with Gasteiger partial charge in [0.25, 0.3) is 0 Å². The molecule has 1 aromatic heterocycles. The second kappa shape index (κ2) is 8.11. The number of hydrogen-bond acceptors (Lipinski definition) is 3. The molecule has 0 amide bonds. The topological polar surface area (TPSA) is 48.9 Å². The maximum Gasteiger partial charge on any atom is 0.136 e. The van der Waals surface area contributed by atoms with Crippen molar-refractivity contribution >= 4 is 11.8 Å². The number of rotatable bonds is 6. The van der Waals surface area contributed by atoms with Gasteiger partial charge in [-0.1, -0.05) is 62.0 Å². The first kappa shape index (κ1) is 18.7. The molecule has 3 nitrogen and oxygen atoms in total. The van der Waals surface area contributed by atoms with Crippen LogP contribution in [-0.2, 0) is 6.42 Å². The molecule has 2 N–H and O–H groups in total. The van der Waals surface area contributed by atoms with Gasteiger partial charge in [0.1, 0.15) is 17.0 Å². The van der Waals surface area contributed by atoms with E-state index in [2.05, 4.69) is 50.9 Å². The summed E-state index contributed by atoms with van der Waals surface area (Å²) in [5, 5.41) is 11.6. The first-order chi connectivity index (χ1) is 12.4. The Bertz CT molecular complexity index is 851. The maximum atomic E-state index is 10.6. The number of nitrogens with one attached hydrogen (secondary N) is 1. The molecule has 1 unspecified atom stereocenters. The number of hydrogen-bond donors (Lipinski definition) is 2. The van der Waals surface area contributed by atoms with Gasteiger partial charge < -0.3 is 10.1 Å². The molecule has 0 spiro atoms. The second-order valence-corrected chi connectivity index (χ2v) is 8.19. The summed E-state index contributed by atoms with van der Waals surface area (Å²) < 4.78 is 0. The van der Waals surface area contributed by atoms with E-state index in [-0.39, 0.29) is 0 Å². The Morgan fingerprint density at radius 2 is 1.69 bits per heavy atom. The molecular weight excluding hydrogens is 340 g/mol. The largest absolute Gasteiger partial charge is 0.385 e. The van der Waals surface area contributed by atoms with Crippen molar-refractivity contribution in [2.24, 2.45) is 0 Å². The summed E-state index contributed by atoms with van der Waals surface area (Å²) >= 11 is 1.66. The van der Waals surface area contributed by atoms with Crippen molar-refractivity contribution in [3.05, 3.63) is 76.7 Å². The van der Waals surface area contributed by atoms with Gasteiger partial charge in [-0.3, -0.25) is 0 Å². The summed E-state index contributed by atoms with van der Waals surface area (Å²) in [5.74, 6) is 0.956. The monoisotopic (exact) mass is 366 g/mol. The lowest BCUT2D eigenvalue weighted by molar-refractivity contribution is 0.169. The number of aromatic amines is 1. The lowest BCUT2D eigenvalue weighted by atomic mass is 10.1. The van der Waals surface area contributed by atoms with E-state index in [9.17, 15) is 5.11 Å². The van der Waals surface area contributed by atoms with Crippen LogP contribution in [0.4, 0.5) is 0 Å². The van der Waals surface area contributed by atoms with Crippen LogP contribution >= 0.6 is 11.8 Å². The lowest BCUT2D eigenvalue weighted by Gasteiger charge is -2.08. The second-order valence-electron chi connectivity index (χ2n) is 7.13. The minimum atomic E-state index is -0.636. The fourth-order valence-corrected chi connectivity index (χ4v) is 4.31. The summed E-state index contributed by atoms with van der Waals surface area (Å²) in [6.45, 7) is 8.51. The summed E-state index contributed by atoms with van der Waals surface area (Å²) in [6, 6.07) is 16.6. The van der Waals surface area contributed by atoms with Gasteiger partial charge in [0.2, 0.25) is 0 Å². The highest BCUT2D eigenvalue weighted by molar-refractivity contribution is 7.99. The molecule has 0 saturated carbocycles. The van der Waals surface area contributed by atoms with Crippen LogP contribution in [0.3, 0.4) is 0 Å². The van der Waals surface area contributed by atoms with Gasteiger partial charge in [0.15, 0.2) is 0 Å². The van der Waals surface area contributed by atoms with Crippen LogP contribution in [0.1, 0.15) is 54.1 Å². The fraction of sp³-hybridized carbons (Fsp3) is 0.318. The third-order valence-corrected chi connectivity index (χ3v) is 5.27. The van der Waals surface area contributed by atoms with Gasteiger partial charge >= 0.3 is 0 Å². The molecule has 0 aliphatic heterocycles. The van der Waals surface area contributed by atoms with Crippen molar-refractivity contribution in [1.29, 1.82) is 0 Å². The molecule has 2 aromatic carbocycles. The molecule has 0 aliphatic carbocycles. The smallest absolute Gasteiger partial charge is 0.136 e. The Morgan fingerprint density at radius 1 is 1.04 bits per heavy atom. The van der Waals surface area contributed by atoms with E-state index >= 15 is 0 Å². The normalized spacial score (nSPS) is 12.5. The van der Waals surface area contributed by atoms with Crippen molar-refractivity contribution in [3.8, 4) is 0 Å². The molecule has 0 saturated heterocycles. The van der Waals surface area contributed by atoms with Crippen molar-refractivity contribution in [2.75, 3.05) is 0 Å². The number of aliphatic hydroxyl groups excluding tert-OH is 1. The van der Waals surface area contributed by atoms with Crippen molar-refractivity contribution in [3.63, 3.8) is 0 Å². The van der Waals surface area contributed by atoms with Crippen LogP contribution in [0.2, 0.25) is 0 Å². The number of nitrogens with zero attached hydrogens (tertiary/aromatic N) is 1. The predicted octanol–water partition coefficient (Wildman–Crippen LogP) is 5.58. The van der Waals surface area contributed by atoms with Crippen molar-refractivity contribution in [1.82, 2.24) is 9.97 Å². The molecule has 1 heterocycles. The zero-order valence-electron chi connectivity index (χ0n) is 15.8. The van der Waals surface area contributed by atoms with Crippen LogP contribution < -0.4 is 0 Å². The van der Waals surface area contributed by atoms with Gasteiger partial charge in [-0.15, -0.1) is 0 Å². The van der Waals surface area contributed by atoms with Crippen LogP contribution in [0.25, 0.3) is 0 Å².